The van der Waals surface area contributed by atoms with Gasteiger partial charge in [0.25, 0.3) is 0 Å². The number of aliphatic hydroxyl groups excluding tert-OH is 1. The molecule has 16 heavy (non-hydrogen) atoms. The van der Waals surface area contributed by atoms with Crippen molar-refractivity contribution in [1.29, 1.82) is 0 Å². The van der Waals surface area contributed by atoms with E-state index in [0.717, 1.165) is 0 Å². The number of rotatable bonds is 4. The van der Waals surface area contributed by atoms with Crippen molar-refractivity contribution in [2.75, 3.05) is 14.2 Å². The molecule has 0 bridgehead atoms. The zero-order valence-corrected chi connectivity index (χ0v) is 9.82. The molecule has 0 aliphatic rings. The van der Waals surface area contributed by atoms with Crippen molar-refractivity contribution < 1.29 is 19.4 Å². The Hall–Kier alpha value is -1.26. The van der Waals surface area contributed by atoms with Gasteiger partial charge in [-0.3, -0.25) is 4.79 Å². The molecule has 0 radical (unpaired) electrons. The maximum atomic E-state index is 11.0. The highest BCUT2D eigenvalue weighted by Crippen LogP contribution is 2.30. The monoisotopic (exact) mass is 244 g/mol. The van der Waals surface area contributed by atoms with Gasteiger partial charge in [0.1, 0.15) is 5.75 Å². The van der Waals surface area contributed by atoms with Crippen LogP contribution in [0.3, 0.4) is 0 Å². The lowest BCUT2D eigenvalue weighted by molar-refractivity contribution is -0.142. The summed E-state index contributed by atoms with van der Waals surface area (Å²) >= 11 is 5.78. The first-order chi connectivity index (χ1) is 7.58. The lowest BCUT2D eigenvalue weighted by Crippen LogP contribution is -2.09. The summed E-state index contributed by atoms with van der Waals surface area (Å²) in [7, 11) is 2.74. The van der Waals surface area contributed by atoms with Crippen molar-refractivity contribution in [3.63, 3.8) is 0 Å². The fourth-order valence-corrected chi connectivity index (χ4v) is 1.47. The Morgan fingerprint density at radius 2 is 2.19 bits per heavy atom. The third-order valence-electron chi connectivity index (χ3n) is 2.14. The first-order valence-corrected chi connectivity index (χ1v) is 5.04. The first kappa shape index (κ1) is 12.8. The summed E-state index contributed by atoms with van der Waals surface area (Å²) < 4.78 is 9.54. The van der Waals surface area contributed by atoms with Crippen LogP contribution in [0.5, 0.6) is 5.75 Å². The number of halogens is 1. The Labute approximate surface area is 98.7 Å². The van der Waals surface area contributed by atoms with E-state index in [1.54, 1.807) is 18.2 Å². The number of esters is 1. The normalized spacial score (nSPS) is 12.0. The van der Waals surface area contributed by atoms with E-state index in [1.807, 2.05) is 0 Å². The molecule has 5 heteroatoms. The van der Waals surface area contributed by atoms with Gasteiger partial charge in [-0.1, -0.05) is 17.7 Å². The van der Waals surface area contributed by atoms with Crippen molar-refractivity contribution >= 4 is 17.6 Å². The summed E-state index contributed by atoms with van der Waals surface area (Å²) in [5.74, 6) is -0.0339. The van der Waals surface area contributed by atoms with E-state index >= 15 is 0 Å². The second kappa shape index (κ2) is 5.72. The van der Waals surface area contributed by atoms with Gasteiger partial charge in [-0.05, 0) is 12.1 Å². The van der Waals surface area contributed by atoms with Gasteiger partial charge in [0.15, 0.2) is 0 Å². The summed E-state index contributed by atoms with van der Waals surface area (Å²) in [5, 5.41) is 10.3. The maximum Gasteiger partial charge on any atom is 0.308 e. The Morgan fingerprint density at radius 1 is 1.50 bits per heavy atom. The molecular weight excluding hydrogens is 232 g/mol. The molecule has 1 aromatic rings. The number of aliphatic hydroxyl groups is 1. The minimum Gasteiger partial charge on any atom is -0.496 e. The Balaban J connectivity index is 2.90. The SMILES string of the molecule is COC(=O)CC(O)c1ccc(Cl)cc1OC. The number of carbonyl (C=O) groups is 1. The first-order valence-electron chi connectivity index (χ1n) is 4.66. The summed E-state index contributed by atoms with van der Waals surface area (Å²) in [6.45, 7) is 0. The molecule has 0 heterocycles. The molecule has 1 rings (SSSR count). The highest BCUT2D eigenvalue weighted by Gasteiger charge is 2.17. The number of hydrogen-bond acceptors (Lipinski definition) is 4. The lowest BCUT2D eigenvalue weighted by atomic mass is 10.1. The number of hydrogen-bond donors (Lipinski definition) is 1. The van der Waals surface area contributed by atoms with E-state index in [1.165, 1.54) is 14.2 Å². The van der Waals surface area contributed by atoms with Crippen LogP contribution in [0, 0.1) is 0 Å². The lowest BCUT2D eigenvalue weighted by Gasteiger charge is -2.13. The number of methoxy groups -OCH3 is 2. The molecule has 1 atom stereocenters. The fraction of sp³-hybridized carbons (Fsp3) is 0.364. The van der Waals surface area contributed by atoms with Crippen molar-refractivity contribution in [3.8, 4) is 5.75 Å². The Morgan fingerprint density at radius 3 is 2.75 bits per heavy atom. The third kappa shape index (κ3) is 3.12. The van der Waals surface area contributed by atoms with Crippen molar-refractivity contribution in [2.45, 2.75) is 12.5 Å². The van der Waals surface area contributed by atoms with E-state index in [0.29, 0.717) is 16.3 Å². The van der Waals surface area contributed by atoms with Gasteiger partial charge >= 0.3 is 5.97 Å². The molecule has 0 spiro atoms. The molecule has 0 saturated heterocycles. The quantitative estimate of drug-likeness (QED) is 0.823. The standard InChI is InChI=1S/C11H13ClO4/c1-15-10-5-7(12)3-4-8(10)9(13)6-11(14)16-2/h3-5,9,13H,6H2,1-2H3. The minimum absolute atomic E-state index is 0.117. The molecule has 1 unspecified atom stereocenters. The van der Waals surface area contributed by atoms with Crippen LogP contribution in [0.4, 0.5) is 0 Å². The van der Waals surface area contributed by atoms with Gasteiger partial charge < -0.3 is 14.6 Å². The predicted octanol–water partition coefficient (Wildman–Crippen LogP) is 1.95. The number of ether oxygens (including phenoxy) is 2. The highest BCUT2D eigenvalue weighted by molar-refractivity contribution is 6.30. The Kier molecular flexibility index (Phi) is 4.58. The van der Waals surface area contributed by atoms with Crippen LogP contribution >= 0.6 is 11.6 Å². The molecule has 0 amide bonds. The smallest absolute Gasteiger partial charge is 0.308 e. The van der Waals surface area contributed by atoms with Gasteiger partial charge in [-0.2, -0.15) is 0 Å². The zero-order chi connectivity index (χ0) is 12.1. The summed E-state index contributed by atoms with van der Waals surface area (Å²) in [6, 6.07) is 4.83. The van der Waals surface area contributed by atoms with Crippen molar-refractivity contribution in [2.24, 2.45) is 0 Å². The van der Waals surface area contributed by atoms with Crippen LogP contribution in [-0.2, 0) is 9.53 Å². The molecule has 4 nitrogen and oxygen atoms in total. The van der Waals surface area contributed by atoms with E-state index in [9.17, 15) is 9.90 Å². The molecule has 0 aromatic heterocycles. The van der Waals surface area contributed by atoms with Crippen LogP contribution < -0.4 is 4.74 Å². The third-order valence-corrected chi connectivity index (χ3v) is 2.38. The topological polar surface area (TPSA) is 55.8 Å². The maximum absolute atomic E-state index is 11.0. The van der Waals surface area contributed by atoms with Gasteiger partial charge in [-0.25, -0.2) is 0 Å². The number of carbonyl (C=O) groups excluding carboxylic acids is 1. The van der Waals surface area contributed by atoms with Gasteiger partial charge in [0, 0.05) is 10.6 Å². The second-order valence-electron chi connectivity index (χ2n) is 3.18. The minimum atomic E-state index is -0.959. The van der Waals surface area contributed by atoms with Crippen molar-refractivity contribution in [3.05, 3.63) is 28.8 Å². The van der Waals surface area contributed by atoms with Gasteiger partial charge in [0.05, 0.1) is 26.7 Å². The highest BCUT2D eigenvalue weighted by atomic mass is 35.5. The zero-order valence-electron chi connectivity index (χ0n) is 9.07. The fourth-order valence-electron chi connectivity index (χ4n) is 1.31. The molecule has 0 aliphatic carbocycles. The molecule has 1 N–H and O–H groups in total. The molecule has 0 aliphatic heterocycles. The van der Waals surface area contributed by atoms with Crippen LogP contribution in [0.2, 0.25) is 5.02 Å². The molecule has 1 aromatic carbocycles. The molecular formula is C11H13ClO4. The summed E-state index contributed by atoms with van der Waals surface area (Å²) in [6.07, 6.45) is -1.08. The van der Waals surface area contributed by atoms with E-state index in [2.05, 4.69) is 4.74 Å². The van der Waals surface area contributed by atoms with Crippen LogP contribution in [0.15, 0.2) is 18.2 Å². The summed E-state index contributed by atoms with van der Waals surface area (Å²) in [5.41, 5.74) is 0.511. The molecule has 0 fully saturated rings. The largest absolute Gasteiger partial charge is 0.496 e. The molecule has 0 saturated carbocycles. The van der Waals surface area contributed by atoms with E-state index in [-0.39, 0.29) is 6.42 Å². The van der Waals surface area contributed by atoms with Crippen molar-refractivity contribution in [1.82, 2.24) is 0 Å². The van der Waals surface area contributed by atoms with Crippen LogP contribution in [0.1, 0.15) is 18.1 Å². The van der Waals surface area contributed by atoms with E-state index < -0.39 is 12.1 Å². The average molecular weight is 245 g/mol. The predicted molar refractivity (Wildman–Crippen MR) is 59.6 cm³/mol. The van der Waals surface area contributed by atoms with Crippen LogP contribution in [0.25, 0.3) is 0 Å². The second-order valence-corrected chi connectivity index (χ2v) is 3.62. The van der Waals surface area contributed by atoms with Crippen LogP contribution in [-0.4, -0.2) is 25.3 Å². The van der Waals surface area contributed by atoms with Gasteiger partial charge in [0.2, 0.25) is 0 Å². The average Bonchev–Trinajstić information content (AvgIpc) is 2.28. The van der Waals surface area contributed by atoms with Gasteiger partial charge in [-0.15, -0.1) is 0 Å². The Bertz CT molecular complexity index is 378. The molecule has 88 valence electrons. The van der Waals surface area contributed by atoms with E-state index in [4.69, 9.17) is 16.3 Å². The number of benzene rings is 1. The summed E-state index contributed by atoms with van der Waals surface area (Å²) in [4.78, 5) is 11.0.